The van der Waals surface area contributed by atoms with Crippen LogP contribution in [0.25, 0.3) is 0 Å². The van der Waals surface area contributed by atoms with Crippen LogP contribution in [0.4, 0.5) is 0 Å². The van der Waals surface area contributed by atoms with E-state index in [0.717, 1.165) is 0 Å². The van der Waals surface area contributed by atoms with E-state index in [9.17, 15) is 34.2 Å². The molecule has 0 fully saturated rings. The number of hydrogen-bond acceptors (Lipinski definition) is 8. The van der Waals surface area contributed by atoms with Gasteiger partial charge in [0.05, 0.1) is 12.1 Å². The first-order valence-electron chi connectivity index (χ1n) is 9.96. The molecule has 13 heteroatoms. The van der Waals surface area contributed by atoms with Gasteiger partial charge in [0.1, 0.15) is 18.1 Å². The minimum atomic E-state index is -1.51. The summed E-state index contributed by atoms with van der Waals surface area (Å²) in [6.07, 6.45) is -0.641. The van der Waals surface area contributed by atoms with Crippen LogP contribution in [-0.4, -0.2) is 76.6 Å². The minimum absolute atomic E-state index is 0.116. The Balaban J connectivity index is 5.31. The molecule has 0 aromatic heterocycles. The van der Waals surface area contributed by atoms with Crippen molar-refractivity contribution in [2.75, 3.05) is 6.54 Å². The minimum Gasteiger partial charge on any atom is -0.480 e. The van der Waals surface area contributed by atoms with Gasteiger partial charge in [0.25, 0.3) is 0 Å². The first kappa shape index (κ1) is 28.2. The molecule has 0 aliphatic heterocycles. The maximum absolute atomic E-state index is 12.6. The van der Waals surface area contributed by atoms with E-state index in [1.54, 1.807) is 0 Å². The summed E-state index contributed by atoms with van der Waals surface area (Å²) < 4.78 is 0. The molecule has 0 saturated heterocycles. The summed E-state index contributed by atoms with van der Waals surface area (Å²) in [6.45, 7) is 2.99. The van der Waals surface area contributed by atoms with Crippen LogP contribution in [0.1, 0.15) is 46.0 Å². The molecule has 13 nitrogen and oxygen atoms in total. The lowest BCUT2D eigenvalue weighted by molar-refractivity contribution is -0.143. The fourth-order valence-corrected chi connectivity index (χ4v) is 2.53. The summed E-state index contributed by atoms with van der Waals surface area (Å²) in [7, 11) is 0. The van der Waals surface area contributed by atoms with E-state index >= 15 is 0 Å². The predicted molar refractivity (Wildman–Crippen MR) is 110 cm³/mol. The van der Waals surface area contributed by atoms with Gasteiger partial charge in [0.15, 0.2) is 0 Å². The number of hydrogen-bond donors (Lipinski definition) is 8. The van der Waals surface area contributed by atoms with E-state index in [4.69, 9.17) is 17.2 Å². The molecule has 4 amide bonds. The predicted octanol–water partition coefficient (Wildman–Crippen LogP) is -3.35. The van der Waals surface area contributed by atoms with Gasteiger partial charge in [-0.15, -0.1) is 0 Å². The second-order valence-electron chi connectivity index (χ2n) is 7.27. The van der Waals surface area contributed by atoms with Gasteiger partial charge in [-0.1, -0.05) is 0 Å². The van der Waals surface area contributed by atoms with E-state index in [-0.39, 0.29) is 19.3 Å². The number of carboxylic acids is 1. The van der Waals surface area contributed by atoms with E-state index < -0.39 is 59.9 Å². The quantitative estimate of drug-likeness (QED) is 0.117. The summed E-state index contributed by atoms with van der Waals surface area (Å²) >= 11 is 0. The third-order valence-corrected chi connectivity index (χ3v) is 4.35. The number of aliphatic carboxylic acids is 1. The third kappa shape index (κ3) is 11.3. The number of carboxylic acid groups (broad SMARTS) is 1. The highest BCUT2D eigenvalue weighted by molar-refractivity contribution is 5.94. The Morgan fingerprint density at radius 2 is 1.45 bits per heavy atom. The second-order valence-corrected chi connectivity index (χ2v) is 7.27. The van der Waals surface area contributed by atoms with Crippen molar-refractivity contribution in [3.8, 4) is 0 Å². The van der Waals surface area contributed by atoms with Crippen LogP contribution in [0.5, 0.6) is 0 Å². The molecule has 5 atom stereocenters. The van der Waals surface area contributed by atoms with Crippen molar-refractivity contribution in [2.45, 2.75) is 76.2 Å². The molecular formula is C18H34N6O7. The molecule has 0 aromatic rings. The number of amides is 4. The van der Waals surface area contributed by atoms with Gasteiger partial charge in [-0.2, -0.15) is 0 Å². The van der Waals surface area contributed by atoms with Crippen molar-refractivity contribution in [3.05, 3.63) is 0 Å². The maximum atomic E-state index is 12.6. The maximum Gasteiger partial charge on any atom is 0.326 e. The SMILES string of the molecule is CC(N)C(=O)NC(CCC(N)=O)C(=O)NC(C(=O)NC(CCCCN)C(=O)O)C(C)O. The zero-order valence-electron chi connectivity index (χ0n) is 17.8. The Hall–Kier alpha value is -2.77. The zero-order chi connectivity index (χ0) is 24.1. The summed E-state index contributed by atoms with van der Waals surface area (Å²) in [5.74, 6) is -4.44. The van der Waals surface area contributed by atoms with Gasteiger partial charge in [0.2, 0.25) is 23.6 Å². The van der Waals surface area contributed by atoms with Crippen LogP contribution >= 0.6 is 0 Å². The molecule has 0 bridgehead atoms. The Morgan fingerprint density at radius 1 is 0.871 bits per heavy atom. The number of carbonyl (C=O) groups is 5. The number of carbonyl (C=O) groups excluding carboxylic acids is 4. The lowest BCUT2D eigenvalue weighted by atomic mass is 10.1. The Kier molecular flexibility index (Phi) is 13.0. The number of unbranched alkanes of at least 4 members (excludes halogenated alkanes) is 1. The average molecular weight is 447 g/mol. The fraction of sp³-hybridized carbons (Fsp3) is 0.722. The van der Waals surface area contributed by atoms with Crippen LogP contribution in [0.15, 0.2) is 0 Å². The number of aliphatic hydroxyl groups is 1. The molecule has 0 radical (unpaired) electrons. The van der Waals surface area contributed by atoms with E-state index in [0.29, 0.717) is 19.4 Å². The number of nitrogens with one attached hydrogen (secondary N) is 3. The monoisotopic (exact) mass is 446 g/mol. The highest BCUT2D eigenvalue weighted by atomic mass is 16.4. The van der Waals surface area contributed by atoms with E-state index in [1.165, 1.54) is 13.8 Å². The third-order valence-electron chi connectivity index (χ3n) is 4.35. The van der Waals surface area contributed by atoms with Gasteiger partial charge >= 0.3 is 5.97 Å². The smallest absolute Gasteiger partial charge is 0.326 e. The highest BCUT2D eigenvalue weighted by Crippen LogP contribution is 2.05. The Bertz CT molecular complexity index is 641. The molecule has 0 aromatic carbocycles. The Labute approximate surface area is 180 Å². The molecule has 0 saturated carbocycles. The van der Waals surface area contributed by atoms with Crippen molar-refractivity contribution < 1.29 is 34.2 Å². The summed E-state index contributed by atoms with van der Waals surface area (Å²) in [5.41, 5.74) is 15.9. The topological polar surface area (TPSA) is 240 Å². The molecule has 0 aliphatic rings. The number of primary amides is 1. The van der Waals surface area contributed by atoms with Crippen molar-refractivity contribution >= 4 is 29.6 Å². The van der Waals surface area contributed by atoms with Crippen LogP contribution in [0.2, 0.25) is 0 Å². The molecular weight excluding hydrogens is 412 g/mol. The van der Waals surface area contributed by atoms with E-state index in [1.807, 2.05) is 0 Å². The van der Waals surface area contributed by atoms with Crippen LogP contribution in [-0.2, 0) is 24.0 Å². The standard InChI is InChI=1S/C18H34N6O7/c1-9(20)15(27)22-11(6-7-13(21)26)16(28)24-14(10(2)25)17(29)23-12(18(30)31)5-3-4-8-19/h9-12,14,25H,3-8,19-20H2,1-2H3,(H2,21,26)(H,22,27)(H,23,29)(H,24,28)(H,30,31). The van der Waals surface area contributed by atoms with Gasteiger partial charge in [-0.3, -0.25) is 19.2 Å². The first-order valence-corrected chi connectivity index (χ1v) is 9.96. The lowest BCUT2D eigenvalue weighted by Crippen LogP contribution is -2.59. The van der Waals surface area contributed by atoms with Crippen molar-refractivity contribution in [2.24, 2.45) is 17.2 Å². The summed E-state index contributed by atoms with van der Waals surface area (Å²) in [6, 6.07) is -4.93. The van der Waals surface area contributed by atoms with Gasteiger partial charge < -0.3 is 43.4 Å². The number of rotatable bonds is 15. The lowest BCUT2D eigenvalue weighted by Gasteiger charge is -2.26. The van der Waals surface area contributed by atoms with E-state index in [2.05, 4.69) is 16.0 Å². The van der Waals surface area contributed by atoms with Crippen LogP contribution in [0.3, 0.4) is 0 Å². The van der Waals surface area contributed by atoms with Gasteiger partial charge in [-0.05, 0) is 46.1 Å². The van der Waals surface area contributed by atoms with Crippen molar-refractivity contribution in [1.29, 1.82) is 0 Å². The molecule has 178 valence electrons. The fourth-order valence-electron chi connectivity index (χ4n) is 2.53. The molecule has 11 N–H and O–H groups in total. The zero-order valence-corrected chi connectivity index (χ0v) is 17.8. The number of nitrogens with two attached hydrogens (primary N) is 3. The molecule has 0 heterocycles. The normalized spacial score (nSPS) is 15.6. The van der Waals surface area contributed by atoms with Crippen molar-refractivity contribution in [3.63, 3.8) is 0 Å². The van der Waals surface area contributed by atoms with Crippen molar-refractivity contribution in [1.82, 2.24) is 16.0 Å². The summed E-state index contributed by atoms with van der Waals surface area (Å²) in [5, 5.41) is 26.1. The molecule has 31 heavy (non-hydrogen) atoms. The second kappa shape index (κ2) is 14.3. The molecule has 0 spiro atoms. The number of aliphatic hydroxyl groups excluding tert-OH is 1. The molecule has 0 aliphatic carbocycles. The Morgan fingerprint density at radius 3 is 1.90 bits per heavy atom. The van der Waals surface area contributed by atoms with Crippen LogP contribution < -0.4 is 33.2 Å². The van der Waals surface area contributed by atoms with Crippen LogP contribution in [0, 0.1) is 0 Å². The molecule has 5 unspecified atom stereocenters. The summed E-state index contributed by atoms with van der Waals surface area (Å²) in [4.78, 5) is 59.5. The van der Waals surface area contributed by atoms with Gasteiger partial charge in [-0.25, -0.2) is 4.79 Å². The largest absolute Gasteiger partial charge is 0.480 e. The molecule has 0 rings (SSSR count). The average Bonchev–Trinajstić information content (AvgIpc) is 2.67. The highest BCUT2D eigenvalue weighted by Gasteiger charge is 2.32. The first-order chi connectivity index (χ1) is 14.4. The van der Waals surface area contributed by atoms with Gasteiger partial charge in [0, 0.05) is 6.42 Å².